The van der Waals surface area contributed by atoms with Crippen molar-refractivity contribution in [3.63, 3.8) is 0 Å². The Kier molecular flexibility index (Phi) is 4.11. The van der Waals surface area contributed by atoms with Gasteiger partial charge >= 0.3 is 5.97 Å². The van der Waals surface area contributed by atoms with E-state index in [-0.39, 0.29) is 0 Å². The second-order valence-corrected chi connectivity index (χ2v) is 6.07. The van der Waals surface area contributed by atoms with E-state index >= 15 is 0 Å². The van der Waals surface area contributed by atoms with Crippen LogP contribution in [0.1, 0.15) is 10.5 Å². The predicted molar refractivity (Wildman–Crippen MR) is 54.9 cm³/mol. The van der Waals surface area contributed by atoms with E-state index in [0.29, 0.717) is 15.6 Å². The normalized spacial score (nSPS) is 12.3. The molecule has 0 aromatic carbocycles. The van der Waals surface area contributed by atoms with Crippen LogP contribution in [0.15, 0.2) is 9.72 Å². The number of halogens is 2. The first-order chi connectivity index (χ1) is 7.76. The Balaban J connectivity index is 3.13. The molecule has 0 aliphatic heterocycles. The fraction of sp³-hybridized carbons (Fsp3) is 0.429. The lowest BCUT2D eigenvalue weighted by Gasteiger charge is -2.15. The number of aromatic carboxylic acids is 1. The summed E-state index contributed by atoms with van der Waals surface area (Å²) >= 11 is 0.574. The molecule has 0 fully saturated rings. The highest BCUT2D eigenvalue weighted by Gasteiger charge is 2.30. The molecule has 0 radical (unpaired) electrons. The summed E-state index contributed by atoms with van der Waals surface area (Å²) in [4.78, 5) is 14.1. The summed E-state index contributed by atoms with van der Waals surface area (Å²) in [5, 5.41) is 8.69. The van der Waals surface area contributed by atoms with Crippen LogP contribution in [0, 0.1) is 0 Å². The van der Waals surface area contributed by atoms with Crippen LogP contribution in [-0.4, -0.2) is 48.8 Å². The number of rotatable bonds is 5. The molecule has 96 valence electrons. The van der Waals surface area contributed by atoms with E-state index in [2.05, 4.69) is 4.98 Å². The highest BCUT2D eigenvalue weighted by molar-refractivity contribution is 7.91. The van der Waals surface area contributed by atoms with Crippen LogP contribution in [0.5, 0.6) is 0 Å². The van der Waals surface area contributed by atoms with Crippen molar-refractivity contribution < 1.29 is 27.1 Å². The fourth-order valence-electron chi connectivity index (χ4n) is 0.995. The molecule has 1 rings (SSSR count). The zero-order valence-electron chi connectivity index (χ0n) is 8.50. The Labute approximate surface area is 99.6 Å². The van der Waals surface area contributed by atoms with Crippen molar-refractivity contribution in [3.05, 3.63) is 11.2 Å². The molecule has 6 nitrogen and oxygen atoms in total. The minimum Gasteiger partial charge on any atom is -0.476 e. The average molecular weight is 286 g/mol. The van der Waals surface area contributed by atoms with Gasteiger partial charge in [0.15, 0.2) is 9.90 Å². The van der Waals surface area contributed by atoms with Crippen molar-refractivity contribution >= 4 is 27.3 Å². The smallest absolute Gasteiger partial charge is 0.356 e. The Morgan fingerprint density at radius 2 is 2.24 bits per heavy atom. The van der Waals surface area contributed by atoms with Crippen molar-refractivity contribution in [1.29, 1.82) is 0 Å². The second kappa shape index (κ2) is 5.02. The van der Waals surface area contributed by atoms with Gasteiger partial charge < -0.3 is 5.11 Å². The Morgan fingerprint density at radius 3 is 2.71 bits per heavy atom. The monoisotopic (exact) mass is 286 g/mol. The summed E-state index contributed by atoms with van der Waals surface area (Å²) in [7, 11) is -3.29. The minimum absolute atomic E-state index is 0.400. The zero-order valence-corrected chi connectivity index (χ0v) is 10.1. The largest absolute Gasteiger partial charge is 0.476 e. The van der Waals surface area contributed by atoms with Crippen molar-refractivity contribution in [1.82, 2.24) is 9.29 Å². The third kappa shape index (κ3) is 2.96. The Bertz CT molecular complexity index is 514. The second-order valence-electron chi connectivity index (χ2n) is 2.97. The highest BCUT2D eigenvalue weighted by atomic mass is 32.2. The maximum atomic E-state index is 12.1. The SMILES string of the molecule is CN(CC(F)F)S(=O)(=O)c1scnc1C(=O)O. The number of hydrogen-bond donors (Lipinski definition) is 1. The predicted octanol–water partition coefficient (Wildman–Crippen LogP) is 0.727. The summed E-state index contributed by atoms with van der Waals surface area (Å²) in [5.41, 5.74) is 0.378. The number of thiazole rings is 1. The molecule has 1 heterocycles. The van der Waals surface area contributed by atoms with Gasteiger partial charge in [-0.05, 0) is 0 Å². The number of sulfonamides is 1. The van der Waals surface area contributed by atoms with E-state index in [1.807, 2.05) is 0 Å². The van der Waals surface area contributed by atoms with Gasteiger partial charge in [0.2, 0.25) is 0 Å². The lowest BCUT2D eigenvalue weighted by atomic mass is 10.5. The van der Waals surface area contributed by atoms with Gasteiger partial charge in [0, 0.05) is 7.05 Å². The molecule has 0 spiro atoms. The summed E-state index contributed by atoms with van der Waals surface area (Å²) in [6.07, 6.45) is -2.84. The lowest BCUT2D eigenvalue weighted by Crippen LogP contribution is -2.31. The van der Waals surface area contributed by atoms with Gasteiger partial charge in [-0.25, -0.2) is 27.0 Å². The van der Waals surface area contributed by atoms with E-state index in [1.165, 1.54) is 0 Å². The van der Waals surface area contributed by atoms with Gasteiger partial charge in [-0.3, -0.25) is 0 Å². The van der Waals surface area contributed by atoms with Gasteiger partial charge in [-0.1, -0.05) is 0 Å². The van der Waals surface area contributed by atoms with Crippen LogP contribution in [0.3, 0.4) is 0 Å². The Morgan fingerprint density at radius 1 is 1.65 bits per heavy atom. The standard InChI is InChI=1S/C7H8F2N2O4S2/c1-11(2-4(8)9)17(14,15)7-5(6(12)13)10-3-16-7/h3-4H,2H2,1H3,(H,12,13). The van der Waals surface area contributed by atoms with Crippen molar-refractivity contribution in [2.24, 2.45) is 0 Å². The first-order valence-electron chi connectivity index (χ1n) is 4.18. The molecule has 0 unspecified atom stereocenters. The molecule has 1 aromatic rings. The molecular weight excluding hydrogens is 278 g/mol. The van der Waals surface area contributed by atoms with Crippen molar-refractivity contribution in [2.45, 2.75) is 10.6 Å². The number of carboxylic acids is 1. The summed E-state index contributed by atoms with van der Waals surface area (Å²) in [6, 6.07) is 0. The lowest BCUT2D eigenvalue weighted by molar-refractivity contribution is 0.0687. The maximum absolute atomic E-state index is 12.1. The van der Waals surface area contributed by atoms with Gasteiger partial charge in [0.05, 0.1) is 12.1 Å². The van der Waals surface area contributed by atoms with Gasteiger partial charge in [-0.2, -0.15) is 4.31 Å². The summed E-state index contributed by atoms with van der Waals surface area (Å²) in [6.45, 7) is -1.00. The highest BCUT2D eigenvalue weighted by Crippen LogP contribution is 2.23. The number of alkyl halides is 2. The first-order valence-corrected chi connectivity index (χ1v) is 6.50. The zero-order chi connectivity index (χ0) is 13.2. The maximum Gasteiger partial charge on any atom is 0.356 e. The molecule has 0 aliphatic carbocycles. The molecule has 0 aliphatic rings. The summed E-state index contributed by atoms with van der Waals surface area (Å²) < 4.78 is 47.5. The van der Waals surface area contributed by atoms with E-state index in [4.69, 9.17) is 5.11 Å². The minimum atomic E-state index is -4.24. The van der Waals surface area contributed by atoms with Crippen LogP contribution >= 0.6 is 11.3 Å². The molecule has 1 aromatic heterocycles. The number of carboxylic acid groups (broad SMARTS) is 1. The molecule has 1 N–H and O–H groups in total. The first kappa shape index (κ1) is 13.9. The van der Waals surface area contributed by atoms with Crippen LogP contribution in [0.2, 0.25) is 0 Å². The fourth-order valence-corrected chi connectivity index (χ4v) is 3.47. The van der Waals surface area contributed by atoms with Crippen LogP contribution in [-0.2, 0) is 10.0 Å². The van der Waals surface area contributed by atoms with E-state index in [0.717, 1.165) is 12.6 Å². The Hall–Kier alpha value is -1.13. The molecule has 0 bridgehead atoms. The van der Waals surface area contributed by atoms with E-state index in [9.17, 15) is 22.0 Å². The number of nitrogens with zero attached hydrogens (tertiary/aromatic N) is 2. The molecule has 17 heavy (non-hydrogen) atoms. The molecule has 0 atom stereocenters. The third-order valence-corrected chi connectivity index (χ3v) is 4.95. The quantitative estimate of drug-likeness (QED) is 0.862. The van der Waals surface area contributed by atoms with E-state index < -0.39 is 38.9 Å². The molecule has 10 heteroatoms. The molecule has 0 amide bonds. The third-order valence-electron chi connectivity index (χ3n) is 1.78. The molecule has 0 saturated carbocycles. The number of aromatic nitrogens is 1. The van der Waals surface area contributed by atoms with Crippen LogP contribution in [0.25, 0.3) is 0 Å². The van der Waals surface area contributed by atoms with Crippen LogP contribution < -0.4 is 0 Å². The number of hydrogen-bond acceptors (Lipinski definition) is 5. The average Bonchev–Trinajstić information content (AvgIpc) is 2.64. The summed E-state index contributed by atoms with van der Waals surface area (Å²) in [5.74, 6) is -1.52. The van der Waals surface area contributed by atoms with Gasteiger partial charge in [-0.15, -0.1) is 11.3 Å². The number of carbonyl (C=O) groups is 1. The molecule has 0 saturated heterocycles. The van der Waals surface area contributed by atoms with Gasteiger partial charge in [0.25, 0.3) is 16.4 Å². The van der Waals surface area contributed by atoms with Gasteiger partial charge in [0.1, 0.15) is 0 Å². The topological polar surface area (TPSA) is 87.6 Å². The molecular formula is C7H8F2N2O4S2. The van der Waals surface area contributed by atoms with E-state index in [1.54, 1.807) is 0 Å². The van der Waals surface area contributed by atoms with Crippen molar-refractivity contribution in [2.75, 3.05) is 13.6 Å². The van der Waals surface area contributed by atoms with Crippen LogP contribution in [0.4, 0.5) is 8.78 Å². The van der Waals surface area contributed by atoms with Crippen molar-refractivity contribution in [3.8, 4) is 0 Å².